The number of anilines is 1. The zero-order valence-corrected chi connectivity index (χ0v) is 14.5. The highest BCUT2D eigenvalue weighted by molar-refractivity contribution is 5.96. The molecule has 1 atom stereocenters. The predicted octanol–water partition coefficient (Wildman–Crippen LogP) is 0.444. The highest BCUT2D eigenvalue weighted by atomic mass is 16.5. The lowest BCUT2D eigenvalue weighted by Crippen LogP contribution is -3.11. The maximum atomic E-state index is 12.3. The number of fused-ring (bicyclic) bond motifs is 2. The van der Waals surface area contributed by atoms with Gasteiger partial charge in [-0.05, 0) is 49.9 Å². The maximum absolute atomic E-state index is 12.3. The normalized spacial score (nSPS) is 20.7. The summed E-state index contributed by atoms with van der Waals surface area (Å²) in [6.07, 6.45) is 4.37. The first kappa shape index (κ1) is 17.2. The summed E-state index contributed by atoms with van der Waals surface area (Å²) in [6.45, 7) is 3.25. The Kier molecular flexibility index (Phi) is 5.68. The lowest BCUT2D eigenvalue weighted by molar-refractivity contribution is -0.816. The number of methoxy groups -OCH3 is 1. The summed E-state index contributed by atoms with van der Waals surface area (Å²) >= 11 is 0. The summed E-state index contributed by atoms with van der Waals surface area (Å²) in [5, 5.41) is 15.5. The molecule has 0 aromatic heterocycles. The van der Waals surface area contributed by atoms with Crippen molar-refractivity contribution in [1.29, 1.82) is 0 Å². The molecule has 0 saturated carbocycles. The molecule has 1 aliphatic carbocycles. The molecule has 1 aliphatic heterocycles. The van der Waals surface area contributed by atoms with Crippen molar-refractivity contribution in [2.75, 3.05) is 45.7 Å². The van der Waals surface area contributed by atoms with E-state index in [4.69, 9.17) is 4.74 Å². The van der Waals surface area contributed by atoms with E-state index in [1.807, 2.05) is 6.07 Å². The van der Waals surface area contributed by atoms with Crippen molar-refractivity contribution in [2.45, 2.75) is 25.7 Å². The number of hydrogen-bond donors (Lipinski definition) is 3. The average Bonchev–Trinajstić information content (AvgIpc) is 3.01. The van der Waals surface area contributed by atoms with E-state index in [1.165, 1.54) is 17.5 Å². The van der Waals surface area contributed by atoms with E-state index in [-0.39, 0.29) is 5.17 Å². The third kappa shape index (κ3) is 4.05. The SMILES string of the molecule is COCCCN(C)CCN=C1Nc2cc3c(cc2[NH+]([O-])N1)CCC3. The number of aryl methyl sites for hydroxylation is 2. The van der Waals surface area contributed by atoms with Gasteiger partial charge in [0, 0.05) is 32.9 Å². The number of nitrogens with one attached hydrogen (secondary N) is 3. The highest BCUT2D eigenvalue weighted by Gasteiger charge is 2.24. The van der Waals surface area contributed by atoms with Gasteiger partial charge in [-0.25, -0.2) is 10.2 Å². The third-order valence-electron chi connectivity index (χ3n) is 4.60. The number of nitrogens with zero attached hydrogens (tertiary/aromatic N) is 2. The van der Waals surface area contributed by atoms with Crippen molar-refractivity contribution in [3.63, 3.8) is 0 Å². The van der Waals surface area contributed by atoms with Gasteiger partial charge >= 0.3 is 0 Å². The van der Waals surface area contributed by atoms with Gasteiger partial charge in [0.25, 0.3) is 0 Å². The van der Waals surface area contributed by atoms with E-state index in [1.54, 1.807) is 7.11 Å². The lowest BCUT2D eigenvalue weighted by atomic mass is 10.1. The standard InChI is InChI=1S/C17H27N5O2/c1-21(8-4-10-24-2)9-7-18-17-19-15-11-13-5-3-6-14(13)12-16(15)22(23)20-17/h11-12,22H,3-10H2,1-2H3,(H2,18,19,20). The first-order valence-electron chi connectivity index (χ1n) is 8.63. The smallest absolute Gasteiger partial charge is 0.243 e. The molecule has 7 heteroatoms. The van der Waals surface area contributed by atoms with Crippen LogP contribution in [0.1, 0.15) is 24.0 Å². The second-order valence-corrected chi connectivity index (χ2v) is 6.48. The molecule has 0 bridgehead atoms. The van der Waals surface area contributed by atoms with Crippen LogP contribution < -0.4 is 15.9 Å². The van der Waals surface area contributed by atoms with E-state index in [0.717, 1.165) is 50.3 Å². The van der Waals surface area contributed by atoms with Crippen LogP contribution in [0.2, 0.25) is 0 Å². The Morgan fingerprint density at radius 3 is 2.88 bits per heavy atom. The van der Waals surface area contributed by atoms with Gasteiger partial charge < -0.3 is 20.2 Å². The Morgan fingerprint density at radius 2 is 2.08 bits per heavy atom. The molecule has 24 heavy (non-hydrogen) atoms. The van der Waals surface area contributed by atoms with E-state index >= 15 is 0 Å². The lowest BCUT2D eigenvalue weighted by Gasteiger charge is -2.31. The number of hydrogen-bond acceptors (Lipinski definition) is 4. The van der Waals surface area contributed by atoms with Crippen LogP contribution in [0.25, 0.3) is 0 Å². The topological polar surface area (TPSA) is 76.4 Å². The van der Waals surface area contributed by atoms with Crippen molar-refractivity contribution in [3.05, 3.63) is 28.5 Å². The van der Waals surface area contributed by atoms with Crippen LogP contribution in [0.15, 0.2) is 17.1 Å². The molecule has 1 unspecified atom stereocenters. The number of aliphatic imine (C=N–C) groups is 1. The Labute approximate surface area is 143 Å². The van der Waals surface area contributed by atoms with Gasteiger partial charge in [0.05, 0.1) is 6.54 Å². The summed E-state index contributed by atoms with van der Waals surface area (Å²) in [6, 6.07) is 4.14. The van der Waals surface area contributed by atoms with Crippen molar-refractivity contribution < 1.29 is 9.91 Å². The highest BCUT2D eigenvalue weighted by Crippen LogP contribution is 2.30. The van der Waals surface area contributed by atoms with Crippen molar-refractivity contribution in [2.24, 2.45) is 4.99 Å². The second-order valence-electron chi connectivity index (χ2n) is 6.48. The summed E-state index contributed by atoms with van der Waals surface area (Å²) in [5.74, 6) is 0.552. The van der Waals surface area contributed by atoms with Gasteiger partial charge in [-0.1, -0.05) is 0 Å². The van der Waals surface area contributed by atoms with E-state index < -0.39 is 0 Å². The van der Waals surface area contributed by atoms with Gasteiger partial charge in [-0.2, -0.15) is 5.43 Å². The zero-order chi connectivity index (χ0) is 16.9. The molecular formula is C17H27N5O2. The van der Waals surface area contributed by atoms with Crippen LogP contribution in [-0.2, 0) is 17.6 Å². The summed E-state index contributed by atoms with van der Waals surface area (Å²) < 4.78 is 5.06. The molecule has 2 aliphatic rings. The number of ether oxygens (including phenoxy) is 1. The van der Waals surface area contributed by atoms with Gasteiger partial charge in [0.1, 0.15) is 5.69 Å². The van der Waals surface area contributed by atoms with Gasteiger partial charge in [0.15, 0.2) is 5.69 Å². The Hall–Kier alpha value is -1.67. The quantitative estimate of drug-likeness (QED) is 0.499. The fraction of sp³-hybridized carbons (Fsp3) is 0.588. The summed E-state index contributed by atoms with van der Waals surface area (Å²) in [5.41, 5.74) is 7.12. The minimum Gasteiger partial charge on any atom is -0.603 e. The number of likely N-dealkylation sites (N-methyl/N-ethyl adjacent to an activating group) is 1. The fourth-order valence-corrected chi connectivity index (χ4v) is 3.25. The zero-order valence-electron chi connectivity index (χ0n) is 14.5. The largest absolute Gasteiger partial charge is 0.603 e. The third-order valence-corrected chi connectivity index (χ3v) is 4.60. The molecule has 132 valence electrons. The number of rotatable bonds is 7. The van der Waals surface area contributed by atoms with E-state index in [2.05, 4.69) is 33.7 Å². The molecule has 0 fully saturated rings. The van der Waals surface area contributed by atoms with Crippen molar-refractivity contribution >= 4 is 17.3 Å². The molecule has 0 amide bonds. The van der Waals surface area contributed by atoms with Crippen molar-refractivity contribution in [1.82, 2.24) is 10.3 Å². The number of guanidine groups is 1. The minimum atomic E-state index is -0.0642. The minimum absolute atomic E-state index is 0.0642. The molecule has 7 nitrogen and oxygen atoms in total. The molecule has 0 spiro atoms. The molecule has 3 N–H and O–H groups in total. The second kappa shape index (κ2) is 7.94. The molecular weight excluding hydrogens is 306 g/mol. The fourth-order valence-electron chi connectivity index (χ4n) is 3.25. The molecule has 0 saturated heterocycles. The number of quaternary nitrogens is 1. The van der Waals surface area contributed by atoms with Crippen LogP contribution in [0.5, 0.6) is 0 Å². The molecule has 1 aromatic carbocycles. The molecule has 1 aromatic rings. The Morgan fingerprint density at radius 1 is 1.29 bits per heavy atom. The predicted molar refractivity (Wildman–Crippen MR) is 95.5 cm³/mol. The number of benzene rings is 1. The van der Waals surface area contributed by atoms with Crippen LogP contribution in [-0.4, -0.2) is 51.3 Å². The van der Waals surface area contributed by atoms with Crippen LogP contribution in [0, 0.1) is 5.21 Å². The molecule has 1 heterocycles. The molecule has 0 radical (unpaired) electrons. The van der Waals surface area contributed by atoms with Gasteiger partial charge in [0.2, 0.25) is 5.96 Å². The monoisotopic (exact) mass is 333 g/mol. The van der Waals surface area contributed by atoms with Crippen LogP contribution in [0.4, 0.5) is 11.4 Å². The summed E-state index contributed by atoms with van der Waals surface area (Å²) in [7, 11) is 3.79. The van der Waals surface area contributed by atoms with Gasteiger partial charge in [-0.3, -0.25) is 0 Å². The first-order valence-corrected chi connectivity index (χ1v) is 8.63. The van der Waals surface area contributed by atoms with E-state index in [9.17, 15) is 5.21 Å². The van der Waals surface area contributed by atoms with E-state index in [0.29, 0.717) is 12.5 Å². The van der Waals surface area contributed by atoms with Crippen LogP contribution in [0.3, 0.4) is 0 Å². The van der Waals surface area contributed by atoms with Gasteiger partial charge in [-0.15, -0.1) is 0 Å². The maximum Gasteiger partial charge on any atom is 0.243 e. The first-order chi connectivity index (χ1) is 11.7. The van der Waals surface area contributed by atoms with Crippen molar-refractivity contribution in [3.8, 4) is 0 Å². The Balaban J connectivity index is 1.57. The Bertz CT molecular complexity index is 605. The molecule has 3 rings (SSSR count). The summed E-state index contributed by atoms with van der Waals surface area (Å²) in [4.78, 5) is 6.71. The van der Waals surface area contributed by atoms with Crippen LogP contribution >= 0.6 is 0 Å². The average molecular weight is 333 g/mol.